The maximum absolute atomic E-state index is 2.36. The molecule has 6 aromatic rings. The third kappa shape index (κ3) is 3.64. The lowest BCUT2D eigenvalue weighted by Crippen LogP contribution is -2.12. The van der Waals surface area contributed by atoms with Crippen molar-refractivity contribution < 1.29 is 0 Å². The summed E-state index contributed by atoms with van der Waals surface area (Å²) in [6, 6.07) is 47.9. The fourth-order valence-electron chi connectivity index (χ4n) is 4.79. The average molecular weight is 433 g/mol. The van der Waals surface area contributed by atoms with Crippen LogP contribution in [0.4, 0.5) is 17.1 Å². The Balaban J connectivity index is 1.50. The molecule has 2 heteroatoms. The lowest BCUT2D eigenvalue weighted by molar-refractivity contribution is 1.30. The van der Waals surface area contributed by atoms with Gasteiger partial charge in [-0.3, -0.25) is 0 Å². The van der Waals surface area contributed by atoms with Crippen LogP contribution in [0.3, 0.4) is 0 Å². The molecule has 0 spiro atoms. The highest BCUT2D eigenvalue weighted by Crippen LogP contribution is 2.39. The second kappa shape index (κ2) is 8.57. The molecule has 0 unspecified atom stereocenters. The first-order valence-electron chi connectivity index (χ1n) is 11.7. The van der Waals surface area contributed by atoms with Gasteiger partial charge in [0.05, 0.1) is 5.69 Å². The van der Waals surface area contributed by atoms with E-state index in [1.165, 1.54) is 43.8 Å². The second-order valence-electron chi connectivity index (χ2n) is 8.74. The Morgan fingerprint density at radius 1 is 0.441 bits per heavy atom. The molecule has 0 heterocycles. The van der Waals surface area contributed by atoms with E-state index in [9.17, 15) is 0 Å². The number of hydrogen-bond donors (Lipinski definition) is 0. The molecule has 34 heavy (non-hydrogen) atoms. The molecule has 6 rings (SSSR count). The normalized spacial score (nSPS) is 11.1. The fraction of sp³-hybridized carbons (Fsp3) is 0. The summed E-state index contributed by atoms with van der Waals surface area (Å²) >= 11 is 0. The minimum absolute atomic E-state index is 1.14. The predicted octanol–water partition coefficient (Wildman–Crippen LogP) is 7.39. The topological polar surface area (TPSA) is 3.24 Å². The zero-order valence-electron chi connectivity index (χ0n) is 19.1. The minimum Gasteiger partial charge on any atom is -0.310 e. The molecule has 0 bridgehead atoms. The minimum atomic E-state index is 1.14. The average Bonchev–Trinajstić information content (AvgIpc) is 2.90. The molecule has 0 aromatic heterocycles. The van der Waals surface area contributed by atoms with Crippen LogP contribution >= 0.6 is 0 Å². The van der Waals surface area contributed by atoms with E-state index in [4.69, 9.17) is 0 Å². The molecule has 0 aliphatic rings. The molecular weight excluding hydrogens is 409 g/mol. The maximum atomic E-state index is 2.36. The largest absolute Gasteiger partial charge is 0.310 e. The fourth-order valence-corrected chi connectivity index (χ4v) is 4.79. The zero-order chi connectivity index (χ0) is 22.9. The number of benzene rings is 6. The number of nitrogens with zero attached hydrogens (tertiary/aromatic N) is 1. The van der Waals surface area contributed by atoms with E-state index in [0.29, 0.717) is 0 Å². The highest BCUT2D eigenvalue weighted by atomic mass is 15.1. The van der Waals surface area contributed by atoms with E-state index < -0.39 is 0 Å². The summed E-state index contributed by atoms with van der Waals surface area (Å²) in [5.74, 6) is 0. The Bertz CT molecular complexity index is 1590. The molecule has 0 saturated carbocycles. The van der Waals surface area contributed by atoms with Crippen molar-refractivity contribution in [2.24, 2.45) is 0 Å². The van der Waals surface area contributed by atoms with Crippen molar-refractivity contribution in [3.63, 3.8) is 0 Å². The van der Waals surface area contributed by atoms with E-state index >= 15 is 0 Å². The maximum Gasteiger partial charge on any atom is 0.139 e. The van der Waals surface area contributed by atoms with Crippen LogP contribution in [0.1, 0.15) is 0 Å². The highest BCUT2D eigenvalue weighted by molar-refractivity contribution is 6.32. The molecule has 1 nitrogen and oxygen atoms in total. The molecule has 0 saturated heterocycles. The van der Waals surface area contributed by atoms with Crippen molar-refractivity contribution >= 4 is 51.9 Å². The number of fused-ring (bicyclic) bond motifs is 2. The van der Waals surface area contributed by atoms with Gasteiger partial charge < -0.3 is 4.90 Å². The third-order valence-electron chi connectivity index (χ3n) is 6.53. The third-order valence-corrected chi connectivity index (χ3v) is 6.53. The van der Waals surface area contributed by atoms with E-state index in [0.717, 1.165) is 11.4 Å². The first-order valence-corrected chi connectivity index (χ1v) is 11.7. The molecule has 0 N–H and O–H groups in total. The Labute approximate surface area is 201 Å². The first-order chi connectivity index (χ1) is 16.8. The van der Waals surface area contributed by atoms with Gasteiger partial charge >= 0.3 is 0 Å². The van der Waals surface area contributed by atoms with E-state index in [1.807, 2.05) is 0 Å². The summed E-state index contributed by atoms with van der Waals surface area (Å²) < 4.78 is 0. The van der Waals surface area contributed by atoms with Crippen molar-refractivity contribution in [2.75, 3.05) is 4.90 Å². The standard InChI is InChI=1S/C32H24BN/c33-26-17-21-28(22-18-26)34(32-14-6-10-24-8-2-4-12-31(24)32)27-19-15-25(16-20-27)30-13-5-9-23-7-1-3-11-29(23)30/h1-22H,33H2. The molecule has 0 fully saturated rings. The Hall–Kier alpha value is -4.30. The number of anilines is 3. The number of hydrogen-bond acceptors (Lipinski definition) is 1. The van der Waals surface area contributed by atoms with Crippen LogP contribution < -0.4 is 10.4 Å². The summed E-state index contributed by atoms with van der Waals surface area (Å²) in [5, 5.41) is 5.02. The predicted molar refractivity (Wildman–Crippen MR) is 150 cm³/mol. The Kier molecular flexibility index (Phi) is 5.12. The number of rotatable bonds is 4. The Morgan fingerprint density at radius 3 is 1.68 bits per heavy atom. The molecule has 0 atom stereocenters. The van der Waals surface area contributed by atoms with Crippen LogP contribution in [0.5, 0.6) is 0 Å². The molecular formula is C32H24BN. The lowest BCUT2D eigenvalue weighted by atomic mass is 9.95. The van der Waals surface area contributed by atoms with E-state index in [-0.39, 0.29) is 0 Å². The van der Waals surface area contributed by atoms with Gasteiger partial charge in [0.1, 0.15) is 7.85 Å². The van der Waals surface area contributed by atoms with Gasteiger partial charge in [-0.1, -0.05) is 109 Å². The zero-order valence-corrected chi connectivity index (χ0v) is 19.1. The summed E-state index contributed by atoms with van der Waals surface area (Å²) in [5.41, 5.74) is 7.22. The van der Waals surface area contributed by atoms with E-state index in [1.54, 1.807) is 0 Å². The van der Waals surface area contributed by atoms with Crippen LogP contribution in [-0.4, -0.2) is 7.85 Å². The second-order valence-corrected chi connectivity index (χ2v) is 8.74. The molecule has 6 aromatic carbocycles. The van der Waals surface area contributed by atoms with Crippen LogP contribution in [0.25, 0.3) is 32.7 Å². The van der Waals surface area contributed by atoms with Crippen LogP contribution in [-0.2, 0) is 0 Å². The van der Waals surface area contributed by atoms with Crippen LogP contribution in [0.2, 0.25) is 0 Å². The summed E-state index contributed by atoms with van der Waals surface area (Å²) in [6.45, 7) is 0. The van der Waals surface area contributed by atoms with Crippen molar-refractivity contribution in [3.8, 4) is 11.1 Å². The van der Waals surface area contributed by atoms with Gasteiger partial charge in [0, 0.05) is 16.8 Å². The van der Waals surface area contributed by atoms with Gasteiger partial charge in [-0.2, -0.15) is 0 Å². The molecule has 0 radical (unpaired) electrons. The SMILES string of the molecule is Bc1ccc(N(c2ccc(-c3cccc4ccccc34)cc2)c2cccc3ccccc23)cc1. The van der Waals surface area contributed by atoms with Crippen molar-refractivity contribution in [3.05, 3.63) is 133 Å². The van der Waals surface area contributed by atoms with Gasteiger partial charge in [0.15, 0.2) is 0 Å². The first kappa shape index (κ1) is 20.3. The van der Waals surface area contributed by atoms with Gasteiger partial charge in [-0.15, -0.1) is 0 Å². The summed E-state index contributed by atoms with van der Waals surface area (Å²) in [4.78, 5) is 2.36. The monoisotopic (exact) mass is 433 g/mol. The smallest absolute Gasteiger partial charge is 0.139 e. The highest BCUT2D eigenvalue weighted by Gasteiger charge is 2.15. The van der Waals surface area contributed by atoms with Gasteiger partial charge in [0.2, 0.25) is 0 Å². The van der Waals surface area contributed by atoms with Gasteiger partial charge in [0.25, 0.3) is 0 Å². The van der Waals surface area contributed by atoms with Crippen molar-refractivity contribution in [2.45, 2.75) is 0 Å². The molecule has 0 aliphatic carbocycles. The Morgan fingerprint density at radius 2 is 0.971 bits per heavy atom. The molecule has 0 amide bonds. The lowest BCUT2D eigenvalue weighted by Gasteiger charge is -2.27. The van der Waals surface area contributed by atoms with E-state index in [2.05, 4.69) is 146 Å². The van der Waals surface area contributed by atoms with Crippen molar-refractivity contribution in [1.29, 1.82) is 0 Å². The summed E-state index contributed by atoms with van der Waals surface area (Å²) in [7, 11) is 2.13. The van der Waals surface area contributed by atoms with Crippen molar-refractivity contribution in [1.82, 2.24) is 0 Å². The van der Waals surface area contributed by atoms with Gasteiger partial charge in [-0.25, -0.2) is 0 Å². The molecule has 0 aliphatic heterocycles. The van der Waals surface area contributed by atoms with Crippen LogP contribution in [0.15, 0.2) is 133 Å². The quantitative estimate of drug-likeness (QED) is 0.262. The summed E-state index contributed by atoms with van der Waals surface area (Å²) in [6.07, 6.45) is 0. The van der Waals surface area contributed by atoms with Gasteiger partial charge in [-0.05, 0) is 57.6 Å². The molecule has 160 valence electrons. The van der Waals surface area contributed by atoms with Crippen LogP contribution in [0, 0.1) is 0 Å².